The number of rotatable bonds is 4. The summed E-state index contributed by atoms with van der Waals surface area (Å²) in [5.74, 6) is -0.839. The van der Waals surface area contributed by atoms with E-state index in [0.717, 1.165) is 49.9 Å². The SMILES string of the molecule is Cn1cnc2ccc(-c3c[nH]c4ncc(-c5cccc(CC(=O)O)c5)cc34)cc21. The Morgan fingerprint density at radius 3 is 2.83 bits per heavy atom. The summed E-state index contributed by atoms with van der Waals surface area (Å²) in [5, 5.41) is 10.1. The van der Waals surface area contributed by atoms with Gasteiger partial charge in [-0.25, -0.2) is 9.97 Å². The fourth-order valence-electron chi connectivity index (χ4n) is 3.73. The third kappa shape index (κ3) is 3.04. The van der Waals surface area contributed by atoms with E-state index >= 15 is 0 Å². The Bertz CT molecular complexity index is 1380. The summed E-state index contributed by atoms with van der Waals surface area (Å²) < 4.78 is 2.01. The van der Waals surface area contributed by atoms with Crippen molar-refractivity contribution >= 4 is 28.0 Å². The maximum absolute atomic E-state index is 11.0. The van der Waals surface area contributed by atoms with Gasteiger partial charge < -0.3 is 14.7 Å². The van der Waals surface area contributed by atoms with Crippen LogP contribution in [0, 0.1) is 0 Å². The number of carbonyl (C=O) groups is 1. The summed E-state index contributed by atoms with van der Waals surface area (Å²) in [7, 11) is 1.98. The van der Waals surface area contributed by atoms with Crippen LogP contribution >= 0.6 is 0 Å². The van der Waals surface area contributed by atoms with Crippen LogP contribution in [-0.4, -0.2) is 30.6 Å². The highest BCUT2D eigenvalue weighted by Gasteiger charge is 2.11. The number of aryl methyl sites for hydroxylation is 1. The molecule has 3 heterocycles. The molecule has 0 spiro atoms. The van der Waals surface area contributed by atoms with Crippen molar-refractivity contribution in [1.82, 2.24) is 19.5 Å². The summed E-state index contributed by atoms with van der Waals surface area (Å²) >= 11 is 0. The molecule has 2 N–H and O–H groups in total. The minimum absolute atomic E-state index is 0.00360. The van der Waals surface area contributed by atoms with Gasteiger partial charge in [-0.3, -0.25) is 4.79 Å². The first-order valence-electron chi connectivity index (χ1n) is 9.28. The second-order valence-corrected chi connectivity index (χ2v) is 7.15. The molecule has 5 rings (SSSR count). The summed E-state index contributed by atoms with van der Waals surface area (Å²) in [6, 6.07) is 15.9. The number of aliphatic carboxylic acids is 1. The first kappa shape index (κ1) is 17.2. The molecule has 29 heavy (non-hydrogen) atoms. The molecule has 2 aromatic carbocycles. The van der Waals surface area contributed by atoms with E-state index in [1.165, 1.54) is 0 Å². The number of hydrogen-bond acceptors (Lipinski definition) is 3. The topological polar surface area (TPSA) is 83.8 Å². The van der Waals surface area contributed by atoms with Crippen molar-refractivity contribution in [2.24, 2.45) is 7.05 Å². The molecule has 0 aliphatic rings. The first-order chi connectivity index (χ1) is 14.1. The maximum atomic E-state index is 11.0. The normalized spacial score (nSPS) is 11.3. The Hall–Kier alpha value is -3.93. The third-order valence-electron chi connectivity index (χ3n) is 5.18. The Kier molecular flexibility index (Phi) is 3.91. The van der Waals surface area contributed by atoms with Crippen LogP contribution in [0.5, 0.6) is 0 Å². The zero-order valence-corrected chi connectivity index (χ0v) is 15.8. The molecule has 6 heteroatoms. The molecular weight excluding hydrogens is 364 g/mol. The minimum Gasteiger partial charge on any atom is -0.481 e. The Balaban J connectivity index is 1.62. The Morgan fingerprint density at radius 2 is 1.97 bits per heavy atom. The van der Waals surface area contributed by atoms with Crippen molar-refractivity contribution < 1.29 is 9.90 Å². The minimum atomic E-state index is -0.839. The molecule has 0 aliphatic heterocycles. The van der Waals surface area contributed by atoms with E-state index < -0.39 is 5.97 Å². The molecule has 5 aromatic rings. The van der Waals surface area contributed by atoms with Gasteiger partial charge in [0.25, 0.3) is 0 Å². The number of aromatic nitrogens is 4. The molecule has 6 nitrogen and oxygen atoms in total. The van der Waals surface area contributed by atoms with E-state index in [2.05, 4.69) is 33.2 Å². The first-order valence-corrected chi connectivity index (χ1v) is 9.28. The van der Waals surface area contributed by atoms with Crippen molar-refractivity contribution in [1.29, 1.82) is 0 Å². The van der Waals surface area contributed by atoms with Crippen molar-refractivity contribution in [3.05, 3.63) is 72.8 Å². The number of aromatic amines is 1. The monoisotopic (exact) mass is 382 g/mol. The molecule has 0 aliphatic carbocycles. The predicted octanol–water partition coefficient (Wildman–Crippen LogP) is 4.41. The number of carboxylic acid groups (broad SMARTS) is 1. The zero-order valence-electron chi connectivity index (χ0n) is 15.8. The molecule has 0 fully saturated rings. The van der Waals surface area contributed by atoms with Gasteiger partial charge in [-0.05, 0) is 34.9 Å². The summed E-state index contributed by atoms with van der Waals surface area (Å²) in [4.78, 5) is 23.2. The number of nitrogens with zero attached hydrogens (tertiary/aromatic N) is 3. The molecular formula is C23H18N4O2. The van der Waals surface area contributed by atoms with Gasteiger partial charge in [0.15, 0.2) is 0 Å². The molecule has 0 atom stereocenters. The van der Waals surface area contributed by atoms with Crippen LogP contribution in [0.4, 0.5) is 0 Å². The lowest BCUT2D eigenvalue weighted by Gasteiger charge is -2.06. The van der Waals surface area contributed by atoms with Crippen LogP contribution in [0.1, 0.15) is 5.56 Å². The number of imidazole rings is 1. The van der Waals surface area contributed by atoms with Crippen LogP contribution in [0.15, 0.2) is 67.3 Å². The number of benzene rings is 2. The average molecular weight is 382 g/mol. The zero-order chi connectivity index (χ0) is 20.0. The van der Waals surface area contributed by atoms with Gasteiger partial charge in [-0.1, -0.05) is 30.3 Å². The molecule has 3 aromatic heterocycles. The van der Waals surface area contributed by atoms with Crippen LogP contribution in [0.25, 0.3) is 44.3 Å². The van der Waals surface area contributed by atoms with Gasteiger partial charge in [0.2, 0.25) is 0 Å². The van der Waals surface area contributed by atoms with Crippen molar-refractivity contribution in [3.63, 3.8) is 0 Å². The number of fused-ring (bicyclic) bond motifs is 2. The average Bonchev–Trinajstić information content (AvgIpc) is 3.30. The molecule has 0 unspecified atom stereocenters. The van der Waals surface area contributed by atoms with Crippen LogP contribution in [0.3, 0.4) is 0 Å². The number of carboxylic acids is 1. The fraction of sp³-hybridized carbons (Fsp3) is 0.0870. The van der Waals surface area contributed by atoms with E-state index in [-0.39, 0.29) is 6.42 Å². The van der Waals surface area contributed by atoms with Gasteiger partial charge in [0.05, 0.1) is 23.8 Å². The second kappa shape index (κ2) is 6.60. The highest BCUT2D eigenvalue weighted by atomic mass is 16.4. The number of nitrogens with one attached hydrogen (secondary N) is 1. The second-order valence-electron chi connectivity index (χ2n) is 7.15. The lowest BCUT2D eigenvalue weighted by Crippen LogP contribution is -1.99. The van der Waals surface area contributed by atoms with Gasteiger partial charge >= 0.3 is 5.97 Å². The number of H-pyrrole nitrogens is 1. The molecule has 0 bridgehead atoms. The maximum Gasteiger partial charge on any atom is 0.307 e. The van der Waals surface area contributed by atoms with Crippen molar-refractivity contribution in [3.8, 4) is 22.3 Å². The Labute approximate surface area is 166 Å². The molecule has 0 amide bonds. The summed E-state index contributed by atoms with van der Waals surface area (Å²) in [5.41, 5.74) is 7.68. The van der Waals surface area contributed by atoms with Gasteiger partial charge in [0, 0.05) is 36.0 Å². The molecule has 0 radical (unpaired) electrons. The third-order valence-corrected chi connectivity index (χ3v) is 5.18. The predicted molar refractivity (Wildman–Crippen MR) is 113 cm³/mol. The number of pyridine rings is 1. The van der Waals surface area contributed by atoms with Gasteiger partial charge in [0.1, 0.15) is 5.65 Å². The molecule has 142 valence electrons. The van der Waals surface area contributed by atoms with Crippen LogP contribution in [-0.2, 0) is 18.3 Å². The quantitative estimate of drug-likeness (QED) is 0.482. The fourth-order valence-corrected chi connectivity index (χ4v) is 3.73. The molecule has 0 saturated carbocycles. The van der Waals surface area contributed by atoms with Crippen LogP contribution < -0.4 is 0 Å². The van der Waals surface area contributed by atoms with Gasteiger partial charge in [-0.15, -0.1) is 0 Å². The summed E-state index contributed by atoms with van der Waals surface area (Å²) in [6.07, 6.45) is 5.60. The van der Waals surface area contributed by atoms with Gasteiger partial charge in [-0.2, -0.15) is 0 Å². The lowest BCUT2D eigenvalue weighted by molar-refractivity contribution is -0.136. The molecule has 0 saturated heterocycles. The standard InChI is InChI=1S/C23H18N4O2/c1-27-13-26-20-6-5-16(10-21(20)27)19-12-25-23-18(19)9-17(11-24-23)15-4-2-3-14(7-15)8-22(28)29/h2-7,9-13H,8H2,1H3,(H,24,25)(H,28,29). The van der Waals surface area contributed by atoms with Crippen LogP contribution in [0.2, 0.25) is 0 Å². The largest absolute Gasteiger partial charge is 0.481 e. The van der Waals surface area contributed by atoms with Crippen molar-refractivity contribution in [2.75, 3.05) is 0 Å². The smallest absolute Gasteiger partial charge is 0.307 e. The summed E-state index contributed by atoms with van der Waals surface area (Å²) in [6.45, 7) is 0. The van der Waals surface area contributed by atoms with E-state index in [0.29, 0.717) is 0 Å². The van der Waals surface area contributed by atoms with E-state index in [1.807, 2.05) is 60.7 Å². The van der Waals surface area contributed by atoms with Crippen molar-refractivity contribution in [2.45, 2.75) is 6.42 Å². The van der Waals surface area contributed by atoms with E-state index in [1.54, 1.807) is 0 Å². The highest BCUT2D eigenvalue weighted by Crippen LogP contribution is 2.32. The Morgan fingerprint density at radius 1 is 1.07 bits per heavy atom. The van der Waals surface area contributed by atoms with E-state index in [9.17, 15) is 4.79 Å². The lowest BCUT2D eigenvalue weighted by atomic mass is 10.00. The number of hydrogen-bond donors (Lipinski definition) is 2. The highest BCUT2D eigenvalue weighted by molar-refractivity contribution is 5.97. The van der Waals surface area contributed by atoms with E-state index in [4.69, 9.17) is 5.11 Å².